The summed E-state index contributed by atoms with van der Waals surface area (Å²) < 4.78 is 5.46. The number of benzene rings is 2. The van der Waals surface area contributed by atoms with Crippen molar-refractivity contribution in [3.05, 3.63) is 58.6 Å². The van der Waals surface area contributed by atoms with Crippen molar-refractivity contribution in [2.45, 2.75) is 6.61 Å². The molecule has 19 heavy (non-hydrogen) atoms. The van der Waals surface area contributed by atoms with Crippen molar-refractivity contribution in [2.24, 2.45) is 0 Å². The maximum absolute atomic E-state index is 11.0. The van der Waals surface area contributed by atoms with Gasteiger partial charge in [-0.3, -0.25) is 0 Å². The fourth-order valence-corrected chi connectivity index (χ4v) is 1.71. The van der Waals surface area contributed by atoms with Crippen LogP contribution in [-0.2, 0) is 6.61 Å². The maximum atomic E-state index is 11.0. The van der Waals surface area contributed by atoms with Crippen LogP contribution in [0.4, 0.5) is 0 Å². The molecule has 0 amide bonds. The van der Waals surface area contributed by atoms with Crippen molar-refractivity contribution in [3.63, 3.8) is 0 Å². The molecule has 0 heterocycles. The Morgan fingerprint density at radius 1 is 1.16 bits per heavy atom. The van der Waals surface area contributed by atoms with Crippen LogP contribution in [0.25, 0.3) is 0 Å². The zero-order valence-electron chi connectivity index (χ0n) is 9.84. The van der Waals surface area contributed by atoms with Gasteiger partial charge >= 0.3 is 5.97 Å². The van der Waals surface area contributed by atoms with Gasteiger partial charge in [0.2, 0.25) is 0 Å². The monoisotopic (exact) mass is 278 g/mol. The smallest absolute Gasteiger partial charge is 0.339 e. The van der Waals surface area contributed by atoms with Gasteiger partial charge in [-0.15, -0.1) is 0 Å². The van der Waals surface area contributed by atoms with Crippen molar-refractivity contribution in [1.82, 2.24) is 0 Å². The highest BCUT2D eigenvalue weighted by molar-refractivity contribution is 6.30. The largest absolute Gasteiger partial charge is 0.508 e. The highest BCUT2D eigenvalue weighted by atomic mass is 35.5. The molecule has 0 saturated heterocycles. The van der Waals surface area contributed by atoms with Crippen molar-refractivity contribution in [2.75, 3.05) is 0 Å². The fraction of sp³-hybridized carbons (Fsp3) is 0.0714. The molecule has 98 valence electrons. The number of hydrogen-bond acceptors (Lipinski definition) is 3. The van der Waals surface area contributed by atoms with Gasteiger partial charge in [0.25, 0.3) is 0 Å². The van der Waals surface area contributed by atoms with E-state index in [1.165, 1.54) is 30.3 Å². The van der Waals surface area contributed by atoms with Gasteiger partial charge in [0.1, 0.15) is 23.7 Å². The van der Waals surface area contributed by atoms with E-state index in [1.54, 1.807) is 12.1 Å². The first-order chi connectivity index (χ1) is 9.06. The van der Waals surface area contributed by atoms with Gasteiger partial charge in [-0.05, 0) is 35.9 Å². The summed E-state index contributed by atoms with van der Waals surface area (Å²) >= 11 is 5.82. The van der Waals surface area contributed by atoms with Crippen LogP contribution >= 0.6 is 11.6 Å². The molecule has 0 aliphatic rings. The molecule has 0 saturated carbocycles. The highest BCUT2D eigenvalue weighted by Crippen LogP contribution is 2.24. The lowest BCUT2D eigenvalue weighted by molar-refractivity contribution is 0.0692. The molecule has 0 bridgehead atoms. The second kappa shape index (κ2) is 5.63. The molecule has 0 aromatic heterocycles. The second-order valence-electron chi connectivity index (χ2n) is 3.90. The zero-order chi connectivity index (χ0) is 13.8. The number of carboxylic acids is 1. The Labute approximate surface area is 114 Å². The van der Waals surface area contributed by atoms with E-state index in [1.807, 2.05) is 0 Å². The highest BCUT2D eigenvalue weighted by Gasteiger charge is 2.11. The van der Waals surface area contributed by atoms with Crippen molar-refractivity contribution < 1.29 is 19.7 Å². The van der Waals surface area contributed by atoms with Crippen LogP contribution in [-0.4, -0.2) is 16.2 Å². The van der Waals surface area contributed by atoms with E-state index in [4.69, 9.17) is 26.6 Å². The number of ether oxygens (including phenoxy) is 1. The molecular formula is C14H11ClO4. The summed E-state index contributed by atoms with van der Waals surface area (Å²) in [6.45, 7) is 0.195. The summed E-state index contributed by atoms with van der Waals surface area (Å²) in [5, 5.41) is 18.6. The number of rotatable bonds is 4. The van der Waals surface area contributed by atoms with Crippen molar-refractivity contribution in [3.8, 4) is 11.5 Å². The molecule has 5 heteroatoms. The molecule has 2 aromatic rings. The minimum atomic E-state index is -1.07. The summed E-state index contributed by atoms with van der Waals surface area (Å²) in [6, 6.07) is 10.8. The number of phenols is 1. The van der Waals surface area contributed by atoms with Crippen LogP contribution in [0.5, 0.6) is 11.5 Å². The number of hydrogen-bond donors (Lipinski definition) is 2. The lowest BCUT2D eigenvalue weighted by Crippen LogP contribution is -2.03. The van der Waals surface area contributed by atoms with Crippen molar-refractivity contribution in [1.29, 1.82) is 0 Å². The number of aromatic carboxylic acids is 1. The summed E-state index contributed by atoms with van der Waals surface area (Å²) in [5.74, 6) is -0.692. The fourth-order valence-electron chi connectivity index (χ4n) is 1.55. The van der Waals surface area contributed by atoms with E-state index < -0.39 is 5.97 Å². The maximum Gasteiger partial charge on any atom is 0.339 e. The third kappa shape index (κ3) is 3.39. The summed E-state index contributed by atoms with van der Waals surface area (Å²) in [7, 11) is 0. The van der Waals surface area contributed by atoms with Gasteiger partial charge in [-0.25, -0.2) is 4.79 Å². The van der Waals surface area contributed by atoms with E-state index in [-0.39, 0.29) is 23.7 Å². The van der Waals surface area contributed by atoms with Gasteiger partial charge in [-0.1, -0.05) is 23.7 Å². The molecule has 2 N–H and O–H groups in total. The van der Waals surface area contributed by atoms with Crippen molar-refractivity contribution >= 4 is 17.6 Å². The van der Waals surface area contributed by atoms with Gasteiger partial charge in [-0.2, -0.15) is 0 Å². The first kappa shape index (κ1) is 13.2. The Hall–Kier alpha value is -2.20. The van der Waals surface area contributed by atoms with E-state index in [0.29, 0.717) is 5.02 Å². The number of aromatic hydroxyl groups is 1. The van der Waals surface area contributed by atoms with Crippen LogP contribution < -0.4 is 4.74 Å². The van der Waals surface area contributed by atoms with Crippen LogP contribution in [0.1, 0.15) is 15.9 Å². The van der Waals surface area contributed by atoms with Crippen LogP contribution in [0.3, 0.4) is 0 Å². The third-order valence-electron chi connectivity index (χ3n) is 2.50. The molecule has 0 fully saturated rings. The van der Waals surface area contributed by atoms with Gasteiger partial charge in [0, 0.05) is 5.02 Å². The van der Waals surface area contributed by atoms with E-state index in [0.717, 1.165) is 5.56 Å². The summed E-state index contributed by atoms with van der Waals surface area (Å²) in [4.78, 5) is 11.0. The molecule has 0 unspecified atom stereocenters. The van der Waals surface area contributed by atoms with Crippen LogP contribution in [0, 0.1) is 0 Å². The minimum Gasteiger partial charge on any atom is -0.508 e. The second-order valence-corrected chi connectivity index (χ2v) is 4.34. The molecule has 2 rings (SSSR count). The molecule has 0 aliphatic carbocycles. The molecule has 0 atom stereocenters. The van der Waals surface area contributed by atoms with Crippen LogP contribution in [0.15, 0.2) is 42.5 Å². The standard InChI is InChI=1S/C14H11ClO4/c15-10-3-6-12(14(17)18)13(7-10)19-8-9-1-4-11(16)5-2-9/h1-7,16H,8H2,(H,17,18). The third-order valence-corrected chi connectivity index (χ3v) is 2.74. The molecule has 0 radical (unpaired) electrons. The number of carboxylic acid groups (broad SMARTS) is 1. The molecule has 4 nitrogen and oxygen atoms in total. The zero-order valence-corrected chi connectivity index (χ0v) is 10.6. The van der Waals surface area contributed by atoms with E-state index in [9.17, 15) is 4.79 Å². The Balaban J connectivity index is 2.16. The Morgan fingerprint density at radius 2 is 1.84 bits per heavy atom. The summed E-state index contributed by atoms with van der Waals surface area (Å²) in [6.07, 6.45) is 0. The lowest BCUT2D eigenvalue weighted by Gasteiger charge is -2.09. The molecule has 0 aliphatic heterocycles. The Bertz CT molecular complexity index is 593. The SMILES string of the molecule is O=C(O)c1ccc(Cl)cc1OCc1ccc(O)cc1. The first-order valence-electron chi connectivity index (χ1n) is 5.50. The lowest BCUT2D eigenvalue weighted by atomic mass is 10.2. The average Bonchev–Trinajstić information content (AvgIpc) is 2.38. The topological polar surface area (TPSA) is 66.8 Å². The molecular weight excluding hydrogens is 268 g/mol. The number of phenolic OH excluding ortho intramolecular Hbond substituents is 1. The quantitative estimate of drug-likeness (QED) is 0.900. The van der Waals surface area contributed by atoms with Gasteiger partial charge in [0.05, 0.1) is 0 Å². The van der Waals surface area contributed by atoms with Gasteiger partial charge in [0.15, 0.2) is 0 Å². The minimum absolute atomic E-state index is 0.0585. The average molecular weight is 279 g/mol. The molecule has 2 aromatic carbocycles. The predicted octanol–water partition coefficient (Wildman–Crippen LogP) is 3.32. The molecule has 0 spiro atoms. The van der Waals surface area contributed by atoms with E-state index in [2.05, 4.69) is 0 Å². The van der Waals surface area contributed by atoms with E-state index >= 15 is 0 Å². The number of carbonyl (C=O) groups is 1. The Morgan fingerprint density at radius 3 is 2.47 bits per heavy atom. The first-order valence-corrected chi connectivity index (χ1v) is 5.87. The van der Waals surface area contributed by atoms with Crippen LogP contribution in [0.2, 0.25) is 5.02 Å². The number of halogens is 1. The van der Waals surface area contributed by atoms with Gasteiger partial charge < -0.3 is 14.9 Å². The Kier molecular flexibility index (Phi) is 3.92. The summed E-state index contributed by atoms with van der Waals surface area (Å²) in [5.41, 5.74) is 0.872. The normalized spacial score (nSPS) is 10.2. The predicted molar refractivity (Wildman–Crippen MR) is 70.9 cm³/mol.